The van der Waals surface area contributed by atoms with Crippen LogP contribution in [0.15, 0.2) is 97.8 Å². The van der Waals surface area contributed by atoms with Gasteiger partial charge in [0.2, 0.25) is 5.91 Å². The van der Waals surface area contributed by atoms with Crippen LogP contribution in [-0.2, 0) is 4.79 Å². The average molecular weight is 559 g/mol. The summed E-state index contributed by atoms with van der Waals surface area (Å²) in [6.45, 7) is 4.86. The van der Waals surface area contributed by atoms with E-state index in [0.717, 1.165) is 28.4 Å². The molecule has 1 amide bonds. The van der Waals surface area contributed by atoms with Gasteiger partial charge in [0.1, 0.15) is 40.7 Å². The minimum absolute atomic E-state index is 0.0484. The Balaban J connectivity index is 1.28. The van der Waals surface area contributed by atoms with Gasteiger partial charge in [-0.15, -0.1) is 0 Å². The van der Waals surface area contributed by atoms with Gasteiger partial charge in [-0.3, -0.25) is 4.79 Å². The van der Waals surface area contributed by atoms with Crippen LogP contribution < -0.4 is 15.2 Å². The van der Waals surface area contributed by atoms with Crippen LogP contribution >= 0.6 is 0 Å². The van der Waals surface area contributed by atoms with Gasteiger partial charge in [0.05, 0.1) is 11.4 Å². The number of rotatable bonds is 5. The van der Waals surface area contributed by atoms with Gasteiger partial charge in [0.25, 0.3) is 0 Å². The quantitative estimate of drug-likeness (QED) is 0.272. The van der Waals surface area contributed by atoms with Gasteiger partial charge in [0, 0.05) is 43.5 Å². The van der Waals surface area contributed by atoms with Gasteiger partial charge in [-0.1, -0.05) is 43.0 Å². The number of hydrogen-bond acceptors (Lipinski definition) is 7. The maximum atomic E-state index is 12.3. The van der Waals surface area contributed by atoms with Crippen LogP contribution in [0.5, 0.6) is 17.2 Å². The van der Waals surface area contributed by atoms with Crippen LogP contribution in [0.3, 0.4) is 0 Å². The molecule has 0 bridgehead atoms. The number of piperidine rings is 1. The number of amides is 1. The fourth-order valence-electron chi connectivity index (χ4n) is 6.09. The summed E-state index contributed by atoms with van der Waals surface area (Å²) in [7, 11) is 0. The van der Waals surface area contributed by atoms with Gasteiger partial charge >= 0.3 is 0 Å². The topological polar surface area (TPSA) is 108 Å². The minimum atomic E-state index is -0.440. The van der Waals surface area contributed by atoms with Gasteiger partial charge in [-0.05, 0) is 48.5 Å². The van der Waals surface area contributed by atoms with Gasteiger partial charge < -0.3 is 20.1 Å². The molecule has 42 heavy (non-hydrogen) atoms. The largest absolute Gasteiger partial charge is 0.487 e. The summed E-state index contributed by atoms with van der Waals surface area (Å²) in [6, 6.07) is 25.4. The second kappa shape index (κ2) is 10.3. The van der Waals surface area contributed by atoms with E-state index in [2.05, 4.69) is 22.6 Å². The van der Waals surface area contributed by atoms with E-state index in [1.165, 1.54) is 12.4 Å². The van der Waals surface area contributed by atoms with E-state index in [0.29, 0.717) is 54.9 Å². The van der Waals surface area contributed by atoms with E-state index in [9.17, 15) is 4.79 Å². The van der Waals surface area contributed by atoms with Crippen molar-refractivity contribution >= 4 is 22.8 Å². The molecule has 1 unspecified atom stereocenters. The predicted octanol–water partition coefficient (Wildman–Crippen LogP) is 5.79. The Labute approximate surface area is 243 Å². The molecule has 1 spiro atoms. The smallest absolute Gasteiger partial charge is 0.245 e. The molecule has 1 saturated heterocycles. The highest BCUT2D eigenvalue weighted by atomic mass is 16.5. The maximum absolute atomic E-state index is 12.3. The van der Waals surface area contributed by atoms with E-state index < -0.39 is 5.60 Å². The maximum Gasteiger partial charge on any atom is 0.245 e. The third kappa shape index (κ3) is 4.52. The number of aromatic nitrogens is 4. The number of nitrogens with zero attached hydrogens (tertiary/aromatic N) is 5. The third-order valence-corrected chi connectivity index (χ3v) is 8.25. The summed E-state index contributed by atoms with van der Waals surface area (Å²) in [5.41, 5.74) is 9.31. The number of anilines is 1. The SMILES string of the molecule is C=CC(=O)N1CCC2(CC1)CC(n1nc(-c3ccc(Oc4ccccc4)cc3)c3c(N)ncnc31)c1ccccc1O2. The molecular formula is C33H30N6O3. The number of carbonyl (C=O) groups is 1. The summed E-state index contributed by atoms with van der Waals surface area (Å²) in [6.07, 6.45) is 4.97. The Hall–Kier alpha value is -5.18. The molecule has 210 valence electrons. The first-order valence-electron chi connectivity index (χ1n) is 14.0. The lowest BCUT2D eigenvalue weighted by molar-refractivity contribution is -0.130. The van der Waals surface area contributed by atoms with Crippen LogP contribution in [-0.4, -0.2) is 49.2 Å². The molecule has 9 heteroatoms. The molecule has 1 fully saturated rings. The van der Waals surface area contributed by atoms with E-state index in [-0.39, 0.29) is 11.9 Å². The summed E-state index contributed by atoms with van der Waals surface area (Å²) < 4.78 is 14.7. The lowest BCUT2D eigenvalue weighted by Gasteiger charge is -2.46. The standard InChI is InChI=1S/C33H30N6O3/c1-2-28(40)38-18-16-33(17-19-38)20-26(25-10-6-7-11-27(25)42-33)39-32-29(31(34)35-21-36-32)30(37-39)22-12-14-24(15-13-22)41-23-8-4-3-5-9-23/h2-15,21,26H,1,16-20H2,(H2,34,35,36). The van der Waals surface area contributed by atoms with Crippen molar-refractivity contribution in [3.63, 3.8) is 0 Å². The number of ether oxygens (including phenoxy) is 2. The molecule has 4 heterocycles. The monoisotopic (exact) mass is 558 g/mol. The summed E-state index contributed by atoms with van der Waals surface area (Å²) in [5.74, 6) is 2.64. The molecular weight excluding hydrogens is 528 g/mol. The summed E-state index contributed by atoms with van der Waals surface area (Å²) in [5, 5.41) is 5.86. The lowest BCUT2D eigenvalue weighted by Crippen LogP contribution is -2.52. The highest BCUT2D eigenvalue weighted by molar-refractivity contribution is 5.98. The molecule has 0 radical (unpaired) electrons. The molecule has 2 aliphatic rings. The molecule has 0 saturated carbocycles. The third-order valence-electron chi connectivity index (χ3n) is 8.25. The van der Waals surface area contributed by atoms with E-state index in [1.54, 1.807) is 0 Å². The molecule has 5 aromatic rings. The normalized spacial score (nSPS) is 17.4. The first-order chi connectivity index (χ1) is 20.5. The fraction of sp³-hybridized carbons (Fsp3) is 0.212. The molecule has 2 N–H and O–H groups in total. The number of nitrogens with two attached hydrogens (primary N) is 1. The van der Waals surface area contributed by atoms with Gasteiger partial charge in [0.15, 0.2) is 5.65 Å². The van der Waals surface area contributed by atoms with Crippen molar-refractivity contribution in [2.75, 3.05) is 18.8 Å². The molecule has 3 aromatic carbocycles. The Morgan fingerprint density at radius 2 is 1.69 bits per heavy atom. The van der Waals surface area contributed by atoms with Crippen molar-refractivity contribution < 1.29 is 14.3 Å². The first kappa shape index (κ1) is 25.8. The zero-order chi connectivity index (χ0) is 28.7. The molecule has 2 aromatic heterocycles. The van der Waals surface area contributed by atoms with Crippen molar-refractivity contribution in [1.29, 1.82) is 0 Å². The minimum Gasteiger partial charge on any atom is -0.487 e. The highest BCUT2D eigenvalue weighted by Crippen LogP contribution is 2.47. The number of likely N-dealkylation sites (tertiary alicyclic amines) is 1. The van der Waals surface area contributed by atoms with Crippen molar-refractivity contribution in [1.82, 2.24) is 24.6 Å². The first-order valence-corrected chi connectivity index (χ1v) is 14.0. The number of carbonyl (C=O) groups excluding carboxylic acids is 1. The number of hydrogen-bond donors (Lipinski definition) is 1. The highest BCUT2D eigenvalue weighted by Gasteiger charge is 2.45. The zero-order valence-electron chi connectivity index (χ0n) is 23.0. The Kier molecular flexibility index (Phi) is 6.34. The van der Waals surface area contributed by atoms with Gasteiger partial charge in [-0.25, -0.2) is 14.6 Å². The lowest BCUT2D eigenvalue weighted by atomic mass is 9.80. The van der Waals surface area contributed by atoms with Crippen LogP contribution in [0, 0.1) is 0 Å². The summed E-state index contributed by atoms with van der Waals surface area (Å²) >= 11 is 0. The molecule has 1 atom stereocenters. The van der Waals surface area contributed by atoms with E-state index in [1.807, 2.05) is 82.4 Å². The number of benzene rings is 3. The van der Waals surface area contributed by atoms with E-state index >= 15 is 0 Å². The van der Waals surface area contributed by atoms with E-state index in [4.69, 9.17) is 20.3 Å². The molecule has 0 aliphatic carbocycles. The number of fused-ring (bicyclic) bond motifs is 2. The number of para-hydroxylation sites is 2. The van der Waals surface area contributed by atoms with Gasteiger partial charge in [-0.2, -0.15) is 5.10 Å². The predicted molar refractivity (Wildman–Crippen MR) is 160 cm³/mol. The van der Waals surface area contributed by atoms with Crippen LogP contribution in [0.25, 0.3) is 22.3 Å². The number of nitrogen functional groups attached to an aromatic ring is 1. The molecule has 2 aliphatic heterocycles. The second-order valence-corrected chi connectivity index (χ2v) is 10.8. The zero-order valence-corrected chi connectivity index (χ0v) is 23.0. The Bertz CT molecular complexity index is 1780. The van der Waals surface area contributed by atoms with Crippen molar-refractivity contribution in [3.05, 3.63) is 103 Å². The second-order valence-electron chi connectivity index (χ2n) is 10.8. The fourth-order valence-corrected chi connectivity index (χ4v) is 6.09. The van der Waals surface area contributed by atoms with Crippen molar-refractivity contribution in [2.24, 2.45) is 0 Å². The van der Waals surface area contributed by atoms with Crippen molar-refractivity contribution in [3.8, 4) is 28.5 Å². The van der Waals surface area contributed by atoms with Crippen LogP contribution in [0.4, 0.5) is 5.82 Å². The Morgan fingerprint density at radius 3 is 2.45 bits per heavy atom. The average Bonchev–Trinajstić information content (AvgIpc) is 3.42. The Morgan fingerprint density at radius 1 is 0.976 bits per heavy atom. The molecule has 7 rings (SSSR count). The van der Waals surface area contributed by atoms with Crippen molar-refractivity contribution in [2.45, 2.75) is 30.9 Å². The van der Waals surface area contributed by atoms with Crippen LogP contribution in [0.1, 0.15) is 30.9 Å². The summed E-state index contributed by atoms with van der Waals surface area (Å²) in [4.78, 5) is 23.1. The molecule has 9 nitrogen and oxygen atoms in total. The van der Waals surface area contributed by atoms with Crippen LogP contribution in [0.2, 0.25) is 0 Å².